The molecule has 2 aromatic rings. The van der Waals surface area contributed by atoms with Gasteiger partial charge in [0.05, 0.1) is 11.6 Å². The molecule has 1 heterocycles. The molecular formula is C19H25N3OS. The summed E-state index contributed by atoms with van der Waals surface area (Å²) in [6.07, 6.45) is 4.97. The maximum Gasteiger partial charge on any atom is 0.227 e. The molecule has 1 aromatic heterocycles. The van der Waals surface area contributed by atoms with Crippen molar-refractivity contribution < 1.29 is 4.79 Å². The molecule has 0 aliphatic heterocycles. The van der Waals surface area contributed by atoms with E-state index in [4.69, 9.17) is 0 Å². The number of aromatic nitrogens is 2. The zero-order valence-electron chi connectivity index (χ0n) is 14.4. The predicted octanol–water partition coefficient (Wildman–Crippen LogP) is 3.20. The Kier molecular flexibility index (Phi) is 5.61. The minimum absolute atomic E-state index is 0.0236. The van der Waals surface area contributed by atoms with E-state index >= 15 is 0 Å². The van der Waals surface area contributed by atoms with Crippen LogP contribution < -0.4 is 5.32 Å². The number of fused-ring (bicyclic) bond motifs is 1. The van der Waals surface area contributed by atoms with E-state index in [9.17, 15) is 4.79 Å². The summed E-state index contributed by atoms with van der Waals surface area (Å²) in [6.45, 7) is 2.83. The minimum atomic E-state index is -0.0236. The average molecular weight is 343 g/mol. The summed E-state index contributed by atoms with van der Waals surface area (Å²) >= 11 is 1.86. The van der Waals surface area contributed by atoms with Crippen molar-refractivity contribution in [2.75, 3.05) is 12.3 Å². The normalized spacial score (nSPS) is 16.7. The van der Waals surface area contributed by atoms with Gasteiger partial charge in [0, 0.05) is 36.9 Å². The molecule has 4 nitrogen and oxygen atoms in total. The van der Waals surface area contributed by atoms with Crippen LogP contribution in [0.3, 0.4) is 0 Å². The zero-order chi connectivity index (χ0) is 16.9. The topological polar surface area (TPSA) is 46.9 Å². The maximum absolute atomic E-state index is 12.5. The lowest BCUT2D eigenvalue weighted by molar-refractivity contribution is -0.122. The average Bonchev–Trinajstić information content (AvgIpc) is 2.96. The van der Waals surface area contributed by atoms with Crippen LogP contribution in [0.25, 0.3) is 0 Å². The van der Waals surface area contributed by atoms with Gasteiger partial charge in [0.1, 0.15) is 0 Å². The Morgan fingerprint density at radius 2 is 2.17 bits per heavy atom. The van der Waals surface area contributed by atoms with E-state index in [0.717, 1.165) is 48.6 Å². The molecule has 5 heteroatoms. The number of rotatable bonds is 6. The Balaban J connectivity index is 1.42. The van der Waals surface area contributed by atoms with Gasteiger partial charge in [-0.3, -0.25) is 9.48 Å². The SMILES string of the molecule is Cc1ccc(CSCCNC(=O)C2CCCc3nn(C)cc32)cc1. The van der Waals surface area contributed by atoms with Crippen LogP contribution in [0.5, 0.6) is 0 Å². The van der Waals surface area contributed by atoms with Crippen molar-refractivity contribution in [3.05, 3.63) is 52.8 Å². The molecular weight excluding hydrogens is 318 g/mol. The smallest absolute Gasteiger partial charge is 0.227 e. The lowest BCUT2D eigenvalue weighted by Gasteiger charge is -2.20. The maximum atomic E-state index is 12.5. The molecule has 1 unspecified atom stereocenters. The molecule has 1 aliphatic carbocycles. The highest BCUT2D eigenvalue weighted by atomic mass is 32.2. The van der Waals surface area contributed by atoms with Gasteiger partial charge in [-0.25, -0.2) is 0 Å². The summed E-state index contributed by atoms with van der Waals surface area (Å²) in [4.78, 5) is 12.5. The number of carbonyl (C=O) groups is 1. The summed E-state index contributed by atoms with van der Waals surface area (Å²) in [5, 5.41) is 7.57. The van der Waals surface area contributed by atoms with Gasteiger partial charge in [-0.2, -0.15) is 16.9 Å². The Morgan fingerprint density at radius 3 is 2.96 bits per heavy atom. The number of benzene rings is 1. The van der Waals surface area contributed by atoms with Gasteiger partial charge in [-0.05, 0) is 31.7 Å². The number of carbonyl (C=O) groups excluding carboxylic acids is 1. The third-order valence-electron chi connectivity index (χ3n) is 4.47. The molecule has 0 spiro atoms. The van der Waals surface area contributed by atoms with E-state index in [1.54, 1.807) is 0 Å². The first-order valence-electron chi connectivity index (χ1n) is 8.57. The molecule has 0 radical (unpaired) electrons. The standard InChI is InChI=1S/C19H25N3OS/c1-14-6-8-15(9-7-14)13-24-11-10-20-19(23)16-4-3-5-18-17(16)12-22(2)21-18/h6-9,12,16H,3-5,10-11,13H2,1-2H3,(H,20,23). The second-order valence-electron chi connectivity index (χ2n) is 6.48. The summed E-state index contributed by atoms with van der Waals surface area (Å²) < 4.78 is 1.83. The van der Waals surface area contributed by atoms with Crippen LogP contribution in [0.15, 0.2) is 30.5 Å². The second kappa shape index (κ2) is 7.88. The van der Waals surface area contributed by atoms with Gasteiger partial charge in [-0.1, -0.05) is 29.8 Å². The van der Waals surface area contributed by atoms with Crippen molar-refractivity contribution in [3.63, 3.8) is 0 Å². The lowest BCUT2D eigenvalue weighted by Crippen LogP contribution is -2.32. The number of hydrogen-bond acceptors (Lipinski definition) is 3. The van der Waals surface area contributed by atoms with Gasteiger partial charge in [0.25, 0.3) is 0 Å². The minimum Gasteiger partial charge on any atom is -0.355 e. The first-order chi connectivity index (χ1) is 11.6. The second-order valence-corrected chi connectivity index (χ2v) is 7.58. The molecule has 1 aliphatic rings. The first kappa shape index (κ1) is 17.1. The molecule has 1 atom stereocenters. The molecule has 24 heavy (non-hydrogen) atoms. The van der Waals surface area contributed by atoms with Gasteiger partial charge < -0.3 is 5.32 Å². The van der Waals surface area contributed by atoms with Crippen LogP contribution in [-0.2, 0) is 24.0 Å². The van der Waals surface area contributed by atoms with Gasteiger partial charge >= 0.3 is 0 Å². The van der Waals surface area contributed by atoms with E-state index in [1.165, 1.54) is 11.1 Å². The fraction of sp³-hybridized carbons (Fsp3) is 0.474. The van der Waals surface area contributed by atoms with Crippen LogP contribution in [0, 0.1) is 6.92 Å². The quantitative estimate of drug-likeness (QED) is 0.820. The number of aryl methyl sites for hydroxylation is 3. The number of nitrogens with one attached hydrogen (secondary N) is 1. The highest BCUT2D eigenvalue weighted by molar-refractivity contribution is 7.98. The summed E-state index contributed by atoms with van der Waals surface area (Å²) in [6, 6.07) is 8.64. The van der Waals surface area contributed by atoms with Crippen LogP contribution >= 0.6 is 11.8 Å². The van der Waals surface area contributed by atoms with Gasteiger partial charge in [0.2, 0.25) is 5.91 Å². The molecule has 1 N–H and O–H groups in total. The van der Waals surface area contributed by atoms with Gasteiger partial charge in [-0.15, -0.1) is 0 Å². The summed E-state index contributed by atoms with van der Waals surface area (Å²) in [7, 11) is 1.93. The first-order valence-corrected chi connectivity index (χ1v) is 9.72. The fourth-order valence-corrected chi connectivity index (χ4v) is 4.00. The largest absolute Gasteiger partial charge is 0.355 e. The molecule has 0 saturated carbocycles. The molecule has 3 rings (SSSR count). The van der Waals surface area contributed by atoms with E-state index in [1.807, 2.05) is 29.7 Å². The molecule has 128 valence electrons. The van der Waals surface area contributed by atoms with Gasteiger partial charge in [0.15, 0.2) is 0 Å². The Bertz CT molecular complexity index is 693. The monoisotopic (exact) mass is 343 g/mol. The summed E-state index contributed by atoms with van der Waals surface area (Å²) in [5.41, 5.74) is 4.84. The van der Waals surface area contributed by atoms with Crippen molar-refractivity contribution in [1.82, 2.24) is 15.1 Å². The Morgan fingerprint density at radius 1 is 1.38 bits per heavy atom. The van der Waals surface area contributed by atoms with E-state index in [0.29, 0.717) is 0 Å². The molecule has 0 bridgehead atoms. The van der Waals surface area contributed by atoms with Crippen molar-refractivity contribution in [2.24, 2.45) is 7.05 Å². The van der Waals surface area contributed by atoms with Crippen molar-refractivity contribution in [1.29, 1.82) is 0 Å². The third kappa shape index (κ3) is 4.20. The molecule has 1 amide bonds. The van der Waals surface area contributed by atoms with Crippen LogP contribution in [0.1, 0.15) is 41.1 Å². The van der Waals surface area contributed by atoms with Crippen LogP contribution in [-0.4, -0.2) is 28.0 Å². The lowest BCUT2D eigenvalue weighted by atomic mass is 9.86. The van der Waals surface area contributed by atoms with Crippen LogP contribution in [0.4, 0.5) is 0 Å². The Labute approximate surface area is 148 Å². The van der Waals surface area contributed by atoms with Crippen LogP contribution in [0.2, 0.25) is 0 Å². The molecule has 0 fully saturated rings. The number of thioether (sulfide) groups is 1. The van der Waals surface area contributed by atoms with E-state index in [-0.39, 0.29) is 11.8 Å². The van der Waals surface area contributed by atoms with Crippen molar-refractivity contribution in [2.45, 2.75) is 37.9 Å². The molecule has 1 aromatic carbocycles. The third-order valence-corrected chi connectivity index (χ3v) is 5.50. The van der Waals surface area contributed by atoms with Crippen molar-refractivity contribution >= 4 is 17.7 Å². The zero-order valence-corrected chi connectivity index (χ0v) is 15.2. The predicted molar refractivity (Wildman–Crippen MR) is 99.2 cm³/mol. The number of nitrogens with zero attached hydrogens (tertiary/aromatic N) is 2. The summed E-state index contributed by atoms with van der Waals surface area (Å²) in [5.74, 6) is 2.06. The van der Waals surface area contributed by atoms with E-state index < -0.39 is 0 Å². The number of hydrogen-bond donors (Lipinski definition) is 1. The number of amides is 1. The highest BCUT2D eigenvalue weighted by Gasteiger charge is 2.28. The Hall–Kier alpha value is -1.75. The fourth-order valence-electron chi connectivity index (χ4n) is 3.18. The molecule has 0 saturated heterocycles. The highest BCUT2D eigenvalue weighted by Crippen LogP contribution is 2.30. The van der Waals surface area contributed by atoms with E-state index in [2.05, 4.69) is 41.6 Å². The van der Waals surface area contributed by atoms with Crippen molar-refractivity contribution in [3.8, 4) is 0 Å².